The molecule has 0 bridgehead atoms. The van der Waals surface area contributed by atoms with E-state index in [1.807, 2.05) is 146 Å². The van der Waals surface area contributed by atoms with Crippen LogP contribution in [0.2, 0.25) is 0 Å². The largest absolute Gasteiger partial charge is 0.494 e. The van der Waals surface area contributed by atoms with Gasteiger partial charge in [-0.15, -0.1) is 0 Å². The number of carbonyl (C=O) groups excluding carboxylic acids is 2. The van der Waals surface area contributed by atoms with Crippen molar-refractivity contribution in [2.24, 2.45) is 0 Å². The van der Waals surface area contributed by atoms with Crippen molar-refractivity contribution < 1.29 is 35.7 Å². The van der Waals surface area contributed by atoms with Crippen molar-refractivity contribution >= 4 is 127 Å². The zero-order valence-corrected chi connectivity index (χ0v) is 60.7. The number of anilines is 9. The van der Waals surface area contributed by atoms with E-state index in [1.54, 1.807) is 36.4 Å². The summed E-state index contributed by atoms with van der Waals surface area (Å²) >= 11 is 6.46. The number of fused-ring (bicyclic) bond motifs is 4. The average molecular weight is 1500 g/mol. The maximum atomic E-state index is 14.4. The number of hydrogen-bond donors (Lipinski definition) is 0. The average Bonchev–Trinajstić information content (AvgIpc) is 0.887. The molecule has 0 atom stereocenters. The van der Waals surface area contributed by atoms with Gasteiger partial charge >= 0.3 is 7.12 Å². The van der Waals surface area contributed by atoms with Gasteiger partial charge in [0.25, 0.3) is 0 Å². The van der Waals surface area contributed by atoms with Crippen LogP contribution in [0.4, 0.5) is 51.2 Å². The van der Waals surface area contributed by atoms with Crippen molar-refractivity contribution in [1.29, 1.82) is 0 Å². The van der Waals surface area contributed by atoms with Gasteiger partial charge in [-0.1, -0.05) is 190 Å². The monoisotopic (exact) mass is 1500 g/mol. The minimum absolute atomic E-state index is 0.0237. The Kier molecular flexibility index (Phi) is 19.1. The molecule has 0 spiro atoms. The van der Waals surface area contributed by atoms with Crippen molar-refractivity contribution in [1.82, 2.24) is 0 Å². The Balaban J connectivity index is 0.000000154. The molecule has 0 saturated carbocycles. The molecule has 1 saturated heterocycles. The lowest BCUT2D eigenvalue weighted by atomic mass is 9.79. The van der Waals surface area contributed by atoms with Gasteiger partial charge in [0.05, 0.1) is 30.8 Å². The number of sulfone groups is 2. The molecule has 0 N–H and O–H groups in total. The van der Waals surface area contributed by atoms with Crippen molar-refractivity contribution in [3.63, 3.8) is 0 Å². The second kappa shape index (κ2) is 28.5. The van der Waals surface area contributed by atoms with Crippen LogP contribution < -0.4 is 20.2 Å². The van der Waals surface area contributed by atoms with Crippen LogP contribution in [0, 0.1) is 0 Å². The lowest BCUT2D eigenvalue weighted by Gasteiger charge is -2.32. The van der Waals surface area contributed by atoms with Gasteiger partial charge in [-0.3, -0.25) is 9.59 Å². The lowest BCUT2D eigenvalue weighted by molar-refractivity contribution is 0.00578. The summed E-state index contributed by atoms with van der Waals surface area (Å²) in [6.07, 6.45) is 0. The molecular formula is C86H66BBr2N3O8S2. The van der Waals surface area contributed by atoms with E-state index in [0.717, 1.165) is 67.8 Å². The van der Waals surface area contributed by atoms with E-state index in [1.165, 1.54) is 24.3 Å². The number of rotatable bonds is 12. The molecular weight excluding hydrogens is 1440 g/mol. The summed E-state index contributed by atoms with van der Waals surface area (Å²) in [7, 11) is -8.03. The zero-order valence-electron chi connectivity index (χ0n) is 55.9. The summed E-state index contributed by atoms with van der Waals surface area (Å²) in [6, 6.07) is 105. The Morgan fingerprint density at radius 1 is 0.284 bits per heavy atom. The molecule has 3 heterocycles. The van der Waals surface area contributed by atoms with Crippen LogP contribution in [0.5, 0.6) is 0 Å². The highest BCUT2D eigenvalue weighted by Gasteiger charge is 2.52. The van der Waals surface area contributed by atoms with Crippen LogP contribution in [0.1, 0.15) is 59.5 Å². The number of ketones is 2. The van der Waals surface area contributed by atoms with Gasteiger partial charge in [0.2, 0.25) is 19.7 Å². The predicted molar refractivity (Wildman–Crippen MR) is 416 cm³/mol. The molecule has 0 aliphatic carbocycles. The fourth-order valence-electron chi connectivity index (χ4n) is 12.7. The molecule has 0 unspecified atom stereocenters. The van der Waals surface area contributed by atoms with Crippen LogP contribution in [0.3, 0.4) is 0 Å². The first-order valence-corrected chi connectivity index (χ1v) is 37.6. The molecule has 3 aliphatic heterocycles. The summed E-state index contributed by atoms with van der Waals surface area (Å²) in [5.74, 6) is -0.564. The van der Waals surface area contributed by atoms with Gasteiger partial charge in [-0.2, -0.15) is 0 Å². The number of benzene rings is 13. The normalized spacial score (nSPS) is 14.6. The van der Waals surface area contributed by atoms with Crippen LogP contribution in [-0.2, 0) is 29.0 Å². The molecule has 102 heavy (non-hydrogen) atoms. The van der Waals surface area contributed by atoms with E-state index in [0.29, 0.717) is 20.1 Å². The van der Waals surface area contributed by atoms with Gasteiger partial charge < -0.3 is 24.0 Å². The van der Waals surface area contributed by atoms with Crippen LogP contribution in [-0.4, -0.2) is 46.7 Å². The summed E-state index contributed by atoms with van der Waals surface area (Å²) < 4.78 is 67.4. The molecule has 11 nitrogen and oxygen atoms in total. The van der Waals surface area contributed by atoms with Crippen molar-refractivity contribution in [2.75, 3.05) is 14.7 Å². The standard InChI is InChI=1S/C49H34N2O3S.C24H26BNO2.C13H6Br2O3S/c52-49-45-31-25-37(35-21-27-43(28-22-35)50(39-13-5-1-6-14-39)40-15-7-2-8-16-40)33-47(45)55(53,54)48-34-38(26-32-46(48)49)36-23-29-44(30-24-36)51(41-17-9-3-10-18-41)42-19-11-4-12-20-42;1-23(2)24(3,4)28-25(27-23)19-15-17-22(18-16-19)26(20-11-7-5-8-12-20)21-13-9-6-10-14-21;14-7-1-3-9-11(5-7)19(17,18)12-6-8(15)2-4-10(12)13(9)16/h1-34H;5-18H,1-4H3;1-6H. The molecule has 0 amide bonds. The summed E-state index contributed by atoms with van der Waals surface area (Å²) in [4.78, 5) is 32.9. The third-order valence-corrected chi connectivity index (χ3v) is 23.3. The van der Waals surface area contributed by atoms with Gasteiger partial charge in [0.1, 0.15) is 0 Å². The number of hydrogen-bond acceptors (Lipinski definition) is 11. The zero-order chi connectivity index (χ0) is 70.9. The van der Waals surface area contributed by atoms with Crippen molar-refractivity contribution in [3.8, 4) is 22.3 Å². The van der Waals surface area contributed by atoms with Crippen LogP contribution >= 0.6 is 31.9 Å². The van der Waals surface area contributed by atoms with E-state index in [9.17, 15) is 26.4 Å². The maximum absolute atomic E-state index is 14.4. The second-order valence-electron chi connectivity index (χ2n) is 25.7. The molecule has 13 aromatic rings. The Bertz CT molecular complexity index is 5110. The third-order valence-electron chi connectivity index (χ3n) is 18.7. The summed E-state index contributed by atoms with van der Waals surface area (Å²) in [5.41, 5.74) is 13.6. The second-order valence-corrected chi connectivity index (χ2v) is 31.3. The summed E-state index contributed by atoms with van der Waals surface area (Å²) in [5, 5.41) is 0. The first-order chi connectivity index (χ1) is 49.2. The maximum Gasteiger partial charge on any atom is 0.494 e. The highest BCUT2D eigenvalue weighted by atomic mass is 79.9. The SMILES string of the molecule is CC1(C)OB(c2ccc(N(c3ccccc3)c3ccccc3)cc2)OC1(C)C.O=C1c2ccc(-c3ccc(N(c4ccccc4)c4ccccc4)cc3)cc2S(=O)(=O)c2cc(-c3ccc(N(c4ccccc4)c4ccccc4)cc3)ccc21.O=C1c2ccc(Br)cc2S(=O)(=O)c2cc(Br)ccc21. The van der Waals surface area contributed by atoms with Crippen LogP contribution in [0.25, 0.3) is 22.3 Å². The number of nitrogens with zero attached hydrogens (tertiary/aromatic N) is 3. The van der Waals surface area contributed by atoms with Gasteiger partial charge in [-0.05, 0) is 225 Å². The van der Waals surface area contributed by atoms with E-state index in [4.69, 9.17) is 9.31 Å². The highest BCUT2D eigenvalue weighted by Crippen LogP contribution is 2.44. The topological polar surface area (TPSA) is 131 Å². The predicted octanol–water partition coefficient (Wildman–Crippen LogP) is 21.4. The molecule has 0 aromatic heterocycles. The minimum Gasteiger partial charge on any atom is -0.399 e. The minimum atomic E-state index is -4.02. The number of para-hydroxylation sites is 6. The molecule has 502 valence electrons. The first-order valence-electron chi connectivity index (χ1n) is 33.1. The quantitative estimate of drug-likeness (QED) is 0.108. The number of halogens is 2. The Hall–Kier alpha value is -10.6. The smallest absolute Gasteiger partial charge is 0.399 e. The Labute approximate surface area is 612 Å². The van der Waals surface area contributed by atoms with E-state index >= 15 is 0 Å². The van der Waals surface area contributed by atoms with Crippen molar-refractivity contribution in [2.45, 2.75) is 58.5 Å². The third kappa shape index (κ3) is 13.6. The van der Waals surface area contributed by atoms with Crippen molar-refractivity contribution in [3.05, 3.63) is 359 Å². The lowest BCUT2D eigenvalue weighted by Crippen LogP contribution is -2.41. The number of carbonyl (C=O) groups is 2. The first kappa shape index (κ1) is 68.6. The van der Waals surface area contributed by atoms with Crippen LogP contribution in [0.15, 0.2) is 356 Å². The van der Waals surface area contributed by atoms with E-state index in [2.05, 4.69) is 196 Å². The Morgan fingerprint density at radius 2 is 0.510 bits per heavy atom. The summed E-state index contributed by atoms with van der Waals surface area (Å²) in [6.45, 7) is 8.31. The molecule has 16 heteroatoms. The molecule has 1 fully saturated rings. The molecule has 0 radical (unpaired) electrons. The fourth-order valence-corrected chi connectivity index (χ4v) is 17.2. The Morgan fingerprint density at radius 3 is 0.784 bits per heavy atom. The van der Waals surface area contributed by atoms with E-state index < -0.39 is 19.7 Å². The van der Waals surface area contributed by atoms with Gasteiger partial charge in [0.15, 0.2) is 11.6 Å². The fraction of sp³-hybridized carbons (Fsp3) is 0.0698. The highest BCUT2D eigenvalue weighted by molar-refractivity contribution is 9.10. The van der Waals surface area contributed by atoms with E-state index in [-0.39, 0.29) is 71.7 Å². The molecule has 3 aliphatic rings. The molecule has 13 aromatic carbocycles. The van der Waals surface area contributed by atoms with Gasteiger partial charge in [0, 0.05) is 82.4 Å². The molecule has 16 rings (SSSR count). The van der Waals surface area contributed by atoms with Gasteiger partial charge in [-0.25, -0.2) is 16.8 Å².